The number of hydrogen-bond donors (Lipinski definition) is 1. The molecule has 0 spiro atoms. The molecule has 1 heterocycles. The van der Waals surface area contributed by atoms with Crippen LogP contribution in [-0.2, 0) is 6.54 Å². The zero-order valence-electron chi connectivity index (χ0n) is 15.7. The maximum absolute atomic E-state index is 12.7. The van der Waals surface area contributed by atoms with Crippen molar-refractivity contribution in [2.24, 2.45) is 5.10 Å². The smallest absolute Gasteiger partial charge is 0.267 e. The molecule has 138 valence electrons. The van der Waals surface area contributed by atoms with Gasteiger partial charge in [0.15, 0.2) is 5.69 Å². The molecule has 0 fully saturated rings. The molecule has 0 atom stereocenters. The van der Waals surface area contributed by atoms with Crippen LogP contribution < -0.4 is 11.0 Å². The predicted molar refractivity (Wildman–Crippen MR) is 107 cm³/mol. The molecule has 1 amide bonds. The van der Waals surface area contributed by atoms with E-state index in [0.29, 0.717) is 23.0 Å². The van der Waals surface area contributed by atoms with Crippen molar-refractivity contribution >= 4 is 22.4 Å². The number of hydrazone groups is 1. The fourth-order valence-corrected chi connectivity index (χ4v) is 2.81. The van der Waals surface area contributed by atoms with Crippen LogP contribution in [0.3, 0.4) is 0 Å². The number of nitrogens with one attached hydrogen (secondary N) is 1. The van der Waals surface area contributed by atoms with E-state index in [0.717, 1.165) is 17.5 Å². The summed E-state index contributed by atoms with van der Waals surface area (Å²) in [6.45, 7) is 6.25. The van der Waals surface area contributed by atoms with Crippen LogP contribution in [0.1, 0.15) is 41.9 Å². The van der Waals surface area contributed by atoms with E-state index < -0.39 is 5.91 Å². The van der Waals surface area contributed by atoms with Gasteiger partial charge in [-0.15, -0.1) is 0 Å². The fraction of sp³-hybridized carbons (Fsp3) is 0.238. The number of fused-ring (bicyclic) bond motifs is 1. The summed E-state index contributed by atoms with van der Waals surface area (Å²) in [5.41, 5.74) is 5.34. The lowest BCUT2D eigenvalue weighted by atomic mass is 10.1. The van der Waals surface area contributed by atoms with E-state index in [1.54, 1.807) is 24.3 Å². The molecule has 0 bridgehead atoms. The Morgan fingerprint density at radius 1 is 1.11 bits per heavy atom. The topological polar surface area (TPSA) is 76.3 Å². The molecule has 6 heteroatoms. The monoisotopic (exact) mass is 362 g/mol. The van der Waals surface area contributed by atoms with Crippen LogP contribution in [0.15, 0.2) is 58.4 Å². The first-order valence-corrected chi connectivity index (χ1v) is 8.92. The number of benzene rings is 2. The first-order chi connectivity index (χ1) is 13.0. The Balaban J connectivity index is 1.95. The molecule has 0 aliphatic heterocycles. The van der Waals surface area contributed by atoms with E-state index in [-0.39, 0.29) is 11.3 Å². The Hall–Kier alpha value is -3.28. The molecular weight excluding hydrogens is 340 g/mol. The van der Waals surface area contributed by atoms with Crippen molar-refractivity contribution in [1.82, 2.24) is 15.2 Å². The van der Waals surface area contributed by atoms with Crippen molar-refractivity contribution in [2.75, 3.05) is 0 Å². The lowest BCUT2D eigenvalue weighted by Crippen LogP contribution is -2.29. The standard InChI is InChI=1S/C21H22N4O2/c1-4-13-25-21(27)18-8-6-5-7-17(18)19(24-25)20(26)23-22-15(3)16-11-9-14(2)10-12-16/h5-12H,4,13H2,1-3H3,(H,23,26)/b22-15-. The van der Waals surface area contributed by atoms with E-state index in [1.165, 1.54) is 4.68 Å². The average molecular weight is 362 g/mol. The van der Waals surface area contributed by atoms with E-state index in [2.05, 4.69) is 15.6 Å². The first-order valence-electron chi connectivity index (χ1n) is 8.92. The van der Waals surface area contributed by atoms with E-state index >= 15 is 0 Å². The molecule has 3 aromatic rings. The summed E-state index contributed by atoms with van der Waals surface area (Å²) in [6, 6.07) is 14.9. The van der Waals surface area contributed by atoms with E-state index in [1.807, 2.05) is 45.0 Å². The van der Waals surface area contributed by atoms with Crippen LogP contribution in [0.25, 0.3) is 10.8 Å². The fourth-order valence-electron chi connectivity index (χ4n) is 2.81. The van der Waals surface area contributed by atoms with Crippen LogP contribution in [0, 0.1) is 6.92 Å². The van der Waals surface area contributed by atoms with Gasteiger partial charge in [-0.2, -0.15) is 10.2 Å². The molecule has 0 saturated heterocycles. The highest BCUT2D eigenvalue weighted by Gasteiger charge is 2.16. The zero-order valence-corrected chi connectivity index (χ0v) is 15.7. The lowest BCUT2D eigenvalue weighted by Gasteiger charge is -2.09. The third-order valence-corrected chi connectivity index (χ3v) is 4.31. The summed E-state index contributed by atoms with van der Waals surface area (Å²) >= 11 is 0. The van der Waals surface area contributed by atoms with Crippen LogP contribution in [-0.4, -0.2) is 21.4 Å². The summed E-state index contributed by atoms with van der Waals surface area (Å²) in [7, 11) is 0. The molecule has 0 unspecified atom stereocenters. The van der Waals surface area contributed by atoms with Crippen molar-refractivity contribution in [3.05, 3.63) is 75.7 Å². The molecule has 0 aliphatic rings. The summed E-state index contributed by atoms with van der Waals surface area (Å²) in [6.07, 6.45) is 0.747. The molecule has 0 saturated carbocycles. The van der Waals surface area contributed by atoms with Gasteiger partial charge >= 0.3 is 0 Å². The minimum atomic E-state index is -0.442. The summed E-state index contributed by atoms with van der Waals surface area (Å²) in [5, 5.41) is 9.47. The van der Waals surface area contributed by atoms with Crippen molar-refractivity contribution in [2.45, 2.75) is 33.7 Å². The van der Waals surface area contributed by atoms with Crippen LogP contribution in [0.4, 0.5) is 0 Å². The third-order valence-electron chi connectivity index (χ3n) is 4.31. The number of carbonyl (C=O) groups is 1. The highest BCUT2D eigenvalue weighted by atomic mass is 16.2. The molecule has 1 N–H and O–H groups in total. The van der Waals surface area contributed by atoms with Gasteiger partial charge < -0.3 is 0 Å². The second-order valence-corrected chi connectivity index (χ2v) is 6.43. The molecule has 27 heavy (non-hydrogen) atoms. The Bertz CT molecular complexity index is 1070. The number of nitrogens with zero attached hydrogens (tertiary/aromatic N) is 3. The van der Waals surface area contributed by atoms with Crippen LogP contribution in [0.2, 0.25) is 0 Å². The van der Waals surface area contributed by atoms with Gasteiger partial charge in [0.2, 0.25) is 0 Å². The Kier molecular flexibility index (Phi) is 5.45. The number of aryl methyl sites for hydroxylation is 2. The SMILES string of the molecule is CCCn1nc(C(=O)N/N=C(/C)c2ccc(C)cc2)c2ccccc2c1=O. The highest BCUT2D eigenvalue weighted by Crippen LogP contribution is 2.13. The first kappa shape index (κ1) is 18.5. The molecular formula is C21H22N4O2. The third kappa shape index (κ3) is 3.95. The number of aromatic nitrogens is 2. The van der Waals surface area contributed by atoms with E-state index in [9.17, 15) is 9.59 Å². The van der Waals surface area contributed by atoms with Gasteiger partial charge in [-0.3, -0.25) is 9.59 Å². The largest absolute Gasteiger partial charge is 0.292 e. The summed E-state index contributed by atoms with van der Waals surface area (Å²) in [4.78, 5) is 25.2. The Morgan fingerprint density at radius 2 is 1.78 bits per heavy atom. The second kappa shape index (κ2) is 7.95. The van der Waals surface area contributed by atoms with Gasteiger partial charge in [-0.25, -0.2) is 10.1 Å². The van der Waals surface area contributed by atoms with Crippen molar-refractivity contribution in [3.63, 3.8) is 0 Å². The number of carbonyl (C=O) groups excluding carboxylic acids is 1. The van der Waals surface area contributed by atoms with Gasteiger partial charge in [-0.1, -0.05) is 55.0 Å². The quantitative estimate of drug-likeness (QED) is 0.559. The molecule has 1 aromatic heterocycles. The maximum atomic E-state index is 12.7. The second-order valence-electron chi connectivity index (χ2n) is 6.43. The normalized spacial score (nSPS) is 11.6. The van der Waals surface area contributed by atoms with Crippen LogP contribution >= 0.6 is 0 Å². The van der Waals surface area contributed by atoms with Crippen molar-refractivity contribution in [1.29, 1.82) is 0 Å². The number of hydrogen-bond acceptors (Lipinski definition) is 4. The average Bonchev–Trinajstić information content (AvgIpc) is 2.68. The Labute approximate surface area is 157 Å². The summed E-state index contributed by atoms with van der Waals surface area (Å²) in [5.74, 6) is -0.442. The van der Waals surface area contributed by atoms with E-state index in [4.69, 9.17) is 0 Å². The zero-order chi connectivity index (χ0) is 19.4. The highest BCUT2D eigenvalue weighted by molar-refractivity contribution is 6.06. The minimum absolute atomic E-state index is 0.191. The van der Waals surface area contributed by atoms with Gasteiger partial charge in [0.1, 0.15) is 0 Å². The van der Waals surface area contributed by atoms with Gasteiger partial charge in [0.05, 0.1) is 11.1 Å². The Morgan fingerprint density at radius 3 is 2.44 bits per heavy atom. The molecule has 0 aliphatic carbocycles. The molecule has 0 radical (unpaired) electrons. The maximum Gasteiger partial charge on any atom is 0.292 e. The van der Waals surface area contributed by atoms with Crippen LogP contribution in [0.5, 0.6) is 0 Å². The van der Waals surface area contributed by atoms with Crippen molar-refractivity contribution < 1.29 is 4.79 Å². The molecule has 6 nitrogen and oxygen atoms in total. The predicted octanol–water partition coefficient (Wildman–Crippen LogP) is 3.27. The van der Waals surface area contributed by atoms with Crippen molar-refractivity contribution in [3.8, 4) is 0 Å². The van der Waals surface area contributed by atoms with Gasteiger partial charge in [-0.05, 0) is 31.9 Å². The minimum Gasteiger partial charge on any atom is -0.267 e. The number of amides is 1. The van der Waals surface area contributed by atoms with Gasteiger partial charge in [0, 0.05) is 11.9 Å². The summed E-state index contributed by atoms with van der Waals surface area (Å²) < 4.78 is 1.34. The molecule has 3 rings (SSSR count). The van der Waals surface area contributed by atoms with Gasteiger partial charge in [0.25, 0.3) is 11.5 Å². The lowest BCUT2D eigenvalue weighted by molar-refractivity contribution is 0.0949. The number of rotatable bonds is 5. The molecule has 2 aromatic carbocycles.